The van der Waals surface area contributed by atoms with Crippen LogP contribution in [-0.2, 0) is 0 Å². The molecule has 4 heteroatoms. The first-order valence-corrected chi connectivity index (χ1v) is 7.02. The van der Waals surface area contributed by atoms with E-state index in [1.807, 2.05) is 11.8 Å². The third-order valence-electron chi connectivity index (χ3n) is 2.64. The van der Waals surface area contributed by atoms with Crippen LogP contribution in [0.1, 0.15) is 39.5 Å². The summed E-state index contributed by atoms with van der Waals surface area (Å²) in [5, 5.41) is 6.00. The van der Waals surface area contributed by atoms with E-state index in [0.717, 1.165) is 24.3 Å². The minimum Gasteiger partial charge on any atom is -0.335 e. The molecule has 0 aromatic heterocycles. The van der Waals surface area contributed by atoms with Crippen LogP contribution in [0.25, 0.3) is 0 Å². The second kappa shape index (κ2) is 6.99. The highest BCUT2D eigenvalue weighted by Gasteiger charge is 2.17. The lowest BCUT2D eigenvalue weighted by molar-refractivity contribution is 0.235. The van der Waals surface area contributed by atoms with E-state index >= 15 is 0 Å². The molecule has 0 aromatic rings. The summed E-state index contributed by atoms with van der Waals surface area (Å²) >= 11 is 1.86. The maximum Gasteiger partial charge on any atom is 0.315 e. The van der Waals surface area contributed by atoms with Crippen LogP contribution in [0, 0.1) is 0 Å². The summed E-state index contributed by atoms with van der Waals surface area (Å²) in [5.41, 5.74) is 0. The number of amides is 2. The van der Waals surface area contributed by atoms with Crippen LogP contribution in [0.5, 0.6) is 0 Å². The van der Waals surface area contributed by atoms with Gasteiger partial charge in [0.2, 0.25) is 0 Å². The van der Waals surface area contributed by atoms with Gasteiger partial charge in [-0.05, 0) is 25.5 Å². The third-order valence-corrected chi connectivity index (χ3v) is 3.78. The van der Waals surface area contributed by atoms with Crippen molar-refractivity contribution in [3.8, 4) is 0 Å². The van der Waals surface area contributed by atoms with Gasteiger partial charge in [-0.1, -0.05) is 19.8 Å². The highest BCUT2D eigenvalue weighted by Crippen LogP contribution is 2.17. The average Bonchev–Trinajstić information content (AvgIpc) is 2.67. The van der Waals surface area contributed by atoms with Crippen molar-refractivity contribution in [3.63, 3.8) is 0 Å². The summed E-state index contributed by atoms with van der Waals surface area (Å²) in [4.78, 5) is 11.5. The number of rotatable bonds is 5. The fourth-order valence-electron chi connectivity index (χ4n) is 1.86. The summed E-state index contributed by atoms with van der Waals surface area (Å²) < 4.78 is 0. The summed E-state index contributed by atoms with van der Waals surface area (Å²) in [7, 11) is 0. The SMILES string of the molecule is CCSCC(C)NC(=O)NC1CCCC1. The molecule has 0 heterocycles. The molecule has 1 unspecified atom stereocenters. The molecule has 0 aromatic carbocycles. The Hall–Kier alpha value is -0.380. The fourth-order valence-corrected chi connectivity index (χ4v) is 2.53. The molecule has 88 valence electrons. The van der Waals surface area contributed by atoms with Gasteiger partial charge in [-0.25, -0.2) is 4.79 Å². The van der Waals surface area contributed by atoms with E-state index in [2.05, 4.69) is 24.5 Å². The van der Waals surface area contributed by atoms with Crippen LogP contribution < -0.4 is 10.6 Å². The number of nitrogens with one attached hydrogen (secondary N) is 2. The summed E-state index contributed by atoms with van der Waals surface area (Å²) in [6, 6.07) is 0.679. The number of carbonyl (C=O) groups is 1. The van der Waals surface area contributed by atoms with Crippen LogP contribution in [0.4, 0.5) is 4.79 Å². The molecule has 0 spiro atoms. The smallest absolute Gasteiger partial charge is 0.315 e. The van der Waals surface area contributed by atoms with Gasteiger partial charge in [-0.15, -0.1) is 0 Å². The molecule has 0 saturated heterocycles. The molecule has 1 saturated carbocycles. The third kappa shape index (κ3) is 5.30. The molecule has 3 nitrogen and oxygen atoms in total. The molecular formula is C11H22N2OS. The van der Waals surface area contributed by atoms with Crippen molar-refractivity contribution >= 4 is 17.8 Å². The van der Waals surface area contributed by atoms with E-state index in [-0.39, 0.29) is 12.1 Å². The van der Waals surface area contributed by atoms with Gasteiger partial charge in [0, 0.05) is 17.8 Å². The Kier molecular flexibility index (Phi) is 5.91. The van der Waals surface area contributed by atoms with Crippen molar-refractivity contribution in [2.24, 2.45) is 0 Å². The van der Waals surface area contributed by atoms with Crippen LogP contribution in [0.3, 0.4) is 0 Å². The van der Waals surface area contributed by atoms with Gasteiger partial charge in [0.15, 0.2) is 0 Å². The molecule has 1 aliphatic rings. The minimum atomic E-state index is 0.00565. The molecular weight excluding hydrogens is 208 g/mol. The molecule has 0 aliphatic heterocycles. The van der Waals surface area contributed by atoms with Gasteiger partial charge in [0.05, 0.1) is 0 Å². The molecule has 0 bridgehead atoms. The fraction of sp³-hybridized carbons (Fsp3) is 0.909. The maximum atomic E-state index is 11.5. The van der Waals surface area contributed by atoms with E-state index in [1.165, 1.54) is 12.8 Å². The molecule has 1 aliphatic carbocycles. The van der Waals surface area contributed by atoms with Crippen molar-refractivity contribution in [1.29, 1.82) is 0 Å². The van der Waals surface area contributed by atoms with Gasteiger partial charge in [-0.2, -0.15) is 11.8 Å². The van der Waals surface area contributed by atoms with E-state index in [1.54, 1.807) is 0 Å². The maximum absolute atomic E-state index is 11.5. The van der Waals surface area contributed by atoms with Gasteiger partial charge in [-0.3, -0.25) is 0 Å². The van der Waals surface area contributed by atoms with Crippen molar-refractivity contribution < 1.29 is 4.79 Å². The highest BCUT2D eigenvalue weighted by atomic mass is 32.2. The van der Waals surface area contributed by atoms with Crippen molar-refractivity contribution in [2.75, 3.05) is 11.5 Å². The van der Waals surface area contributed by atoms with Crippen molar-refractivity contribution in [2.45, 2.75) is 51.6 Å². The minimum absolute atomic E-state index is 0.00565. The van der Waals surface area contributed by atoms with E-state index in [4.69, 9.17) is 0 Å². The Labute approximate surface area is 96.8 Å². The predicted molar refractivity (Wildman–Crippen MR) is 66.4 cm³/mol. The normalized spacial score (nSPS) is 18.8. The molecule has 2 N–H and O–H groups in total. The molecule has 2 amide bonds. The standard InChI is InChI=1S/C11H22N2OS/c1-3-15-8-9(2)12-11(14)13-10-6-4-5-7-10/h9-10H,3-8H2,1-2H3,(H2,12,13,14). The summed E-state index contributed by atoms with van der Waals surface area (Å²) in [5.74, 6) is 2.10. The van der Waals surface area contributed by atoms with Gasteiger partial charge >= 0.3 is 6.03 Å². The quantitative estimate of drug-likeness (QED) is 0.761. The number of carbonyl (C=O) groups excluding carboxylic acids is 1. The predicted octanol–water partition coefficient (Wildman–Crippen LogP) is 2.37. The number of thioether (sulfide) groups is 1. The molecule has 15 heavy (non-hydrogen) atoms. The highest BCUT2D eigenvalue weighted by molar-refractivity contribution is 7.99. The number of hydrogen-bond acceptors (Lipinski definition) is 2. The lowest BCUT2D eigenvalue weighted by atomic mass is 10.2. The Bertz CT molecular complexity index is 193. The average molecular weight is 230 g/mol. The van der Waals surface area contributed by atoms with Gasteiger partial charge in [0.1, 0.15) is 0 Å². The van der Waals surface area contributed by atoms with Crippen molar-refractivity contribution in [1.82, 2.24) is 10.6 Å². The van der Waals surface area contributed by atoms with E-state index < -0.39 is 0 Å². The Balaban J connectivity index is 2.11. The molecule has 1 fully saturated rings. The zero-order valence-electron chi connectivity index (χ0n) is 9.71. The zero-order valence-corrected chi connectivity index (χ0v) is 10.5. The van der Waals surface area contributed by atoms with Gasteiger partial charge < -0.3 is 10.6 Å². The van der Waals surface area contributed by atoms with E-state index in [0.29, 0.717) is 6.04 Å². The first kappa shape index (κ1) is 12.7. The first-order chi connectivity index (χ1) is 7.22. The molecule has 1 rings (SSSR count). The van der Waals surface area contributed by atoms with Crippen LogP contribution >= 0.6 is 11.8 Å². The van der Waals surface area contributed by atoms with Gasteiger partial charge in [0.25, 0.3) is 0 Å². The van der Waals surface area contributed by atoms with Crippen LogP contribution in [0.15, 0.2) is 0 Å². The number of urea groups is 1. The Morgan fingerprint density at radius 2 is 2.13 bits per heavy atom. The number of hydrogen-bond donors (Lipinski definition) is 2. The monoisotopic (exact) mass is 230 g/mol. The zero-order chi connectivity index (χ0) is 11.1. The van der Waals surface area contributed by atoms with Crippen LogP contribution in [0.2, 0.25) is 0 Å². The Morgan fingerprint density at radius 1 is 1.47 bits per heavy atom. The van der Waals surface area contributed by atoms with E-state index in [9.17, 15) is 4.79 Å². The Morgan fingerprint density at radius 3 is 2.73 bits per heavy atom. The molecule has 0 radical (unpaired) electrons. The largest absolute Gasteiger partial charge is 0.335 e. The van der Waals surface area contributed by atoms with Crippen molar-refractivity contribution in [3.05, 3.63) is 0 Å². The topological polar surface area (TPSA) is 41.1 Å². The lowest BCUT2D eigenvalue weighted by Gasteiger charge is -2.17. The van der Waals surface area contributed by atoms with Crippen LogP contribution in [-0.4, -0.2) is 29.6 Å². The molecule has 1 atom stereocenters. The second-order valence-electron chi connectivity index (χ2n) is 4.16. The first-order valence-electron chi connectivity index (χ1n) is 5.87. The second-order valence-corrected chi connectivity index (χ2v) is 5.48. The lowest BCUT2D eigenvalue weighted by Crippen LogP contribution is -2.45. The summed E-state index contributed by atoms with van der Waals surface area (Å²) in [6.45, 7) is 4.19. The summed E-state index contributed by atoms with van der Waals surface area (Å²) in [6.07, 6.45) is 4.80.